The first-order valence-electron chi connectivity index (χ1n) is 10.4. The Hall–Kier alpha value is -3.53. The summed E-state index contributed by atoms with van der Waals surface area (Å²) < 4.78 is 1.19. The van der Waals surface area contributed by atoms with Crippen LogP contribution in [-0.2, 0) is 0 Å². The summed E-state index contributed by atoms with van der Waals surface area (Å²) in [6.45, 7) is 0. The van der Waals surface area contributed by atoms with Gasteiger partial charge in [0.1, 0.15) is 4.83 Å². The molecule has 0 N–H and O–H groups in total. The molecule has 0 saturated carbocycles. The van der Waals surface area contributed by atoms with E-state index in [9.17, 15) is 0 Å². The number of aromatic nitrogens is 2. The number of fused-ring (bicyclic) bond motifs is 3. The van der Waals surface area contributed by atoms with Gasteiger partial charge in [0, 0.05) is 21.0 Å². The van der Waals surface area contributed by atoms with Gasteiger partial charge in [0.25, 0.3) is 0 Å². The molecule has 0 saturated heterocycles. The van der Waals surface area contributed by atoms with Gasteiger partial charge in [0.15, 0.2) is 0 Å². The molecular weight excluding hydrogens is 432 g/mol. The average molecular weight is 449 g/mol. The van der Waals surface area contributed by atoms with E-state index >= 15 is 0 Å². The molecule has 0 unspecified atom stereocenters. The van der Waals surface area contributed by atoms with Crippen LogP contribution in [-0.4, -0.2) is 9.97 Å². The maximum atomic E-state index is 6.28. The summed E-state index contributed by atoms with van der Waals surface area (Å²) in [5.74, 6) is 0. The van der Waals surface area contributed by atoms with Crippen molar-refractivity contribution < 1.29 is 0 Å². The second-order valence-electron chi connectivity index (χ2n) is 7.64. The highest BCUT2D eigenvalue weighted by atomic mass is 35.5. The molecule has 0 aliphatic heterocycles. The quantitative estimate of drug-likeness (QED) is 0.253. The molecule has 6 aromatic rings. The fourth-order valence-corrected chi connectivity index (χ4v) is 5.41. The van der Waals surface area contributed by atoms with E-state index in [4.69, 9.17) is 11.6 Å². The smallest absolute Gasteiger partial charge is 0.217 e. The van der Waals surface area contributed by atoms with E-state index in [-0.39, 0.29) is 5.28 Å². The van der Waals surface area contributed by atoms with Crippen molar-refractivity contribution in [3.8, 4) is 33.5 Å². The van der Waals surface area contributed by atoms with E-state index in [2.05, 4.69) is 101 Å². The lowest BCUT2D eigenvalue weighted by Crippen LogP contribution is -1.89. The molecule has 0 aliphatic rings. The van der Waals surface area contributed by atoms with Crippen molar-refractivity contribution in [3.63, 3.8) is 0 Å². The molecule has 6 rings (SSSR count). The van der Waals surface area contributed by atoms with Crippen LogP contribution in [0, 0.1) is 0 Å². The van der Waals surface area contributed by atoms with Gasteiger partial charge in [-0.05, 0) is 39.9 Å². The van der Waals surface area contributed by atoms with Crippen molar-refractivity contribution >= 4 is 43.2 Å². The van der Waals surface area contributed by atoms with E-state index < -0.39 is 0 Å². The third-order valence-corrected chi connectivity index (χ3v) is 6.93. The Morgan fingerprint density at radius 2 is 1.06 bits per heavy atom. The Bertz CT molecular complexity index is 1550. The molecule has 152 valence electrons. The second kappa shape index (κ2) is 7.86. The van der Waals surface area contributed by atoms with E-state index in [1.807, 2.05) is 12.1 Å². The molecule has 2 heterocycles. The molecule has 0 fully saturated rings. The average Bonchev–Trinajstić information content (AvgIpc) is 3.22. The van der Waals surface area contributed by atoms with Crippen molar-refractivity contribution in [2.75, 3.05) is 0 Å². The van der Waals surface area contributed by atoms with Gasteiger partial charge >= 0.3 is 0 Å². The van der Waals surface area contributed by atoms with Gasteiger partial charge in [-0.1, -0.05) is 97.1 Å². The molecule has 0 bridgehead atoms. The first-order chi connectivity index (χ1) is 15.8. The van der Waals surface area contributed by atoms with Gasteiger partial charge in [-0.15, -0.1) is 11.3 Å². The van der Waals surface area contributed by atoms with Gasteiger partial charge in [-0.25, -0.2) is 9.97 Å². The topological polar surface area (TPSA) is 25.8 Å². The predicted molar refractivity (Wildman–Crippen MR) is 136 cm³/mol. The Labute approximate surface area is 194 Å². The molecule has 4 heteroatoms. The summed E-state index contributed by atoms with van der Waals surface area (Å²) in [4.78, 5) is 9.99. The van der Waals surface area contributed by atoms with Crippen molar-refractivity contribution in [1.82, 2.24) is 9.97 Å². The van der Waals surface area contributed by atoms with Crippen LogP contribution in [0.5, 0.6) is 0 Å². The highest BCUT2D eigenvalue weighted by Gasteiger charge is 2.15. The fraction of sp³-hybridized carbons (Fsp3) is 0. The SMILES string of the molecule is Clc1nc(-c2ccc(-c3ccc(-c4ccccc4)cc3)cc2)c2c(n1)sc1ccccc12. The summed E-state index contributed by atoms with van der Waals surface area (Å²) in [7, 11) is 0. The Morgan fingerprint density at radius 3 is 1.72 bits per heavy atom. The van der Waals surface area contributed by atoms with Crippen LogP contribution >= 0.6 is 22.9 Å². The Balaban J connectivity index is 1.39. The zero-order valence-electron chi connectivity index (χ0n) is 17.0. The molecule has 2 nitrogen and oxygen atoms in total. The van der Waals surface area contributed by atoms with E-state index in [0.29, 0.717) is 0 Å². The molecule has 0 radical (unpaired) electrons. The molecule has 0 spiro atoms. The van der Waals surface area contributed by atoms with Crippen LogP contribution in [0.1, 0.15) is 0 Å². The van der Waals surface area contributed by atoms with Gasteiger partial charge in [-0.2, -0.15) is 0 Å². The first kappa shape index (κ1) is 19.2. The fourth-order valence-electron chi connectivity index (χ4n) is 4.11. The molecule has 2 aromatic heterocycles. The van der Waals surface area contributed by atoms with E-state index in [0.717, 1.165) is 21.5 Å². The Morgan fingerprint density at radius 1 is 0.531 bits per heavy atom. The van der Waals surface area contributed by atoms with Gasteiger partial charge < -0.3 is 0 Å². The molecule has 32 heavy (non-hydrogen) atoms. The number of thiophene rings is 1. The third kappa shape index (κ3) is 3.36. The molecule has 4 aromatic carbocycles. The molecule has 0 atom stereocenters. The zero-order valence-corrected chi connectivity index (χ0v) is 18.6. The first-order valence-corrected chi connectivity index (χ1v) is 11.6. The zero-order chi connectivity index (χ0) is 21.5. The number of halogens is 1. The lowest BCUT2D eigenvalue weighted by atomic mass is 9.98. The van der Waals surface area contributed by atoms with Crippen LogP contribution in [0.3, 0.4) is 0 Å². The van der Waals surface area contributed by atoms with Crippen molar-refractivity contribution in [1.29, 1.82) is 0 Å². The van der Waals surface area contributed by atoms with E-state index in [1.165, 1.54) is 32.3 Å². The minimum absolute atomic E-state index is 0.277. The summed E-state index contributed by atoms with van der Waals surface area (Å²) in [6, 6.07) is 36.0. The molecule has 0 aliphatic carbocycles. The normalized spacial score (nSPS) is 11.3. The van der Waals surface area contributed by atoms with Crippen LogP contribution in [0.25, 0.3) is 53.8 Å². The molecular formula is C28H17ClN2S. The Kier molecular flexibility index (Phi) is 4.71. The van der Waals surface area contributed by atoms with Crippen molar-refractivity contribution in [3.05, 3.63) is 108 Å². The minimum atomic E-state index is 0.277. The number of nitrogens with zero attached hydrogens (tertiary/aromatic N) is 2. The highest BCUT2D eigenvalue weighted by molar-refractivity contribution is 7.25. The summed E-state index contributed by atoms with van der Waals surface area (Å²) in [6.07, 6.45) is 0. The second-order valence-corrected chi connectivity index (χ2v) is 9.01. The summed E-state index contributed by atoms with van der Waals surface area (Å²) >= 11 is 7.93. The third-order valence-electron chi connectivity index (χ3n) is 5.70. The minimum Gasteiger partial charge on any atom is -0.217 e. The van der Waals surface area contributed by atoms with Gasteiger partial charge in [0.05, 0.1) is 5.69 Å². The molecule has 0 amide bonds. The number of hydrogen-bond donors (Lipinski definition) is 0. The van der Waals surface area contributed by atoms with Gasteiger partial charge in [-0.3, -0.25) is 0 Å². The van der Waals surface area contributed by atoms with Gasteiger partial charge in [0.2, 0.25) is 5.28 Å². The maximum absolute atomic E-state index is 6.28. The monoisotopic (exact) mass is 448 g/mol. The van der Waals surface area contributed by atoms with Crippen LogP contribution in [0.15, 0.2) is 103 Å². The number of hydrogen-bond acceptors (Lipinski definition) is 3. The summed E-state index contributed by atoms with van der Waals surface area (Å²) in [5.41, 5.74) is 6.70. The van der Waals surface area contributed by atoms with Crippen LogP contribution < -0.4 is 0 Å². The predicted octanol–water partition coefficient (Wildman–Crippen LogP) is 8.50. The van der Waals surface area contributed by atoms with Crippen molar-refractivity contribution in [2.24, 2.45) is 0 Å². The van der Waals surface area contributed by atoms with Crippen LogP contribution in [0.4, 0.5) is 0 Å². The van der Waals surface area contributed by atoms with Crippen molar-refractivity contribution in [2.45, 2.75) is 0 Å². The summed E-state index contributed by atoms with van der Waals surface area (Å²) in [5, 5.41) is 2.51. The van der Waals surface area contributed by atoms with Crippen LogP contribution in [0.2, 0.25) is 5.28 Å². The number of rotatable bonds is 3. The standard InChI is InChI=1S/C28H17ClN2S/c29-28-30-26(25-23-8-4-5-9-24(23)32-27(25)31-28)22-16-14-21(15-17-22)20-12-10-19(11-13-20)18-6-2-1-3-7-18/h1-17H. The maximum Gasteiger partial charge on any atom is 0.224 e. The van der Waals surface area contributed by atoms with E-state index in [1.54, 1.807) is 11.3 Å². The lowest BCUT2D eigenvalue weighted by molar-refractivity contribution is 1.24. The largest absolute Gasteiger partial charge is 0.224 e. The lowest BCUT2D eigenvalue weighted by Gasteiger charge is -2.08. The number of benzene rings is 4. The highest BCUT2D eigenvalue weighted by Crippen LogP contribution is 2.39.